The van der Waals surface area contributed by atoms with Gasteiger partial charge >= 0.3 is 6.03 Å². The molecule has 0 aliphatic rings. The van der Waals surface area contributed by atoms with Crippen LogP contribution in [0, 0.1) is 0 Å². The van der Waals surface area contributed by atoms with E-state index in [1.54, 1.807) is 12.1 Å². The topological polar surface area (TPSA) is 62.4 Å². The van der Waals surface area contributed by atoms with Crippen molar-refractivity contribution in [2.24, 2.45) is 0 Å². The predicted octanol–water partition coefficient (Wildman–Crippen LogP) is 6.87. The second-order valence-corrected chi connectivity index (χ2v) is 6.59. The van der Waals surface area contributed by atoms with E-state index in [2.05, 4.69) is 16.0 Å². The fraction of sp³-hybridized carbons (Fsp3) is 0. The van der Waals surface area contributed by atoms with Gasteiger partial charge in [0.25, 0.3) is 0 Å². The summed E-state index contributed by atoms with van der Waals surface area (Å²) >= 11 is 0. The van der Waals surface area contributed by atoms with Gasteiger partial charge in [-0.05, 0) is 72.8 Å². The highest BCUT2D eigenvalue weighted by molar-refractivity contribution is 5.99. The van der Waals surface area contributed by atoms with Gasteiger partial charge in [-0.15, -0.1) is 0 Å². The molecule has 3 N–H and O–H groups in total. The maximum atomic E-state index is 12.3. The van der Waals surface area contributed by atoms with Crippen molar-refractivity contribution in [1.82, 2.24) is 0 Å². The van der Waals surface area contributed by atoms with Crippen LogP contribution in [0.1, 0.15) is 0 Å². The highest BCUT2D eigenvalue weighted by Crippen LogP contribution is 2.23. The molecule has 0 aromatic heterocycles. The minimum Gasteiger partial charge on any atom is -0.457 e. The van der Waals surface area contributed by atoms with Crippen LogP contribution in [0.3, 0.4) is 0 Å². The third-order valence-corrected chi connectivity index (χ3v) is 4.30. The second-order valence-electron chi connectivity index (χ2n) is 6.59. The maximum Gasteiger partial charge on any atom is 0.323 e. The quantitative estimate of drug-likeness (QED) is 0.334. The van der Waals surface area contributed by atoms with E-state index in [4.69, 9.17) is 4.74 Å². The first-order chi connectivity index (χ1) is 14.7. The Labute approximate surface area is 175 Å². The van der Waals surface area contributed by atoms with Gasteiger partial charge in [-0.3, -0.25) is 0 Å². The molecule has 5 heteroatoms. The minimum atomic E-state index is -0.310. The maximum absolute atomic E-state index is 12.3. The van der Waals surface area contributed by atoms with E-state index >= 15 is 0 Å². The molecule has 0 atom stereocenters. The van der Waals surface area contributed by atoms with Crippen LogP contribution in [0.2, 0.25) is 0 Å². The number of carbonyl (C=O) groups is 1. The fourth-order valence-corrected chi connectivity index (χ4v) is 2.85. The number of carbonyl (C=O) groups excluding carboxylic acids is 1. The Bertz CT molecular complexity index is 992. The molecule has 0 fully saturated rings. The molecule has 0 heterocycles. The molecule has 148 valence electrons. The molecular weight excluding hydrogens is 374 g/mol. The number of ether oxygens (including phenoxy) is 1. The molecular formula is C25H21N3O2. The molecule has 4 aromatic rings. The number of benzene rings is 4. The van der Waals surface area contributed by atoms with E-state index in [-0.39, 0.29) is 6.03 Å². The van der Waals surface area contributed by atoms with E-state index < -0.39 is 0 Å². The third kappa shape index (κ3) is 5.39. The van der Waals surface area contributed by atoms with Crippen molar-refractivity contribution in [2.45, 2.75) is 0 Å². The zero-order chi connectivity index (χ0) is 20.6. The van der Waals surface area contributed by atoms with Crippen molar-refractivity contribution in [2.75, 3.05) is 16.0 Å². The van der Waals surface area contributed by atoms with Crippen molar-refractivity contribution in [3.8, 4) is 11.5 Å². The molecule has 0 saturated heterocycles. The summed E-state index contributed by atoms with van der Waals surface area (Å²) in [6, 6.07) is 33.9. The molecule has 0 spiro atoms. The van der Waals surface area contributed by atoms with E-state index in [1.165, 1.54) is 0 Å². The number of anilines is 4. The van der Waals surface area contributed by atoms with Gasteiger partial charge in [0.1, 0.15) is 11.5 Å². The van der Waals surface area contributed by atoms with Gasteiger partial charge in [-0.25, -0.2) is 4.79 Å². The molecule has 5 nitrogen and oxygen atoms in total. The van der Waals surface area contributed by atoms with Gasteiger partial charge in [0.15, 0.2) is 0 Å². The lowest BCUT2D eigenvalue weighted by Gasteiger charge is -2.10. The number of rotatable bonds is 6. The van der Waals surface area contributed by atoms with Crippen molar-refractivity contribution in [1.29, 1.82) is 0 Å². The van der Waals surface area contributed by atoms with Gasteiger partial charge in [-0.2, -0.15) is 0 Å². The molecule has 2 amide bonds. The predicted molar refractivity (Wildman–Crippen MR) is 122 cm³/mol. The Morgan fingerprint density at radius 3 is 1.53 bits per heavy atom. The van der Waals surface area contributed by atoms with Crippen molar-refractivity contribution < 1.29 is 9.53 Å². The number of urea groups is 1. The van der Waals surface area contributed by atoms with Crippen LogP contribution in [-0.2, 0) is 0 Å². The van der Waals surface area contributed by atoms with Crippen LogP contribution in [0.15, 0.2) is 109 Å². The molecule has 30 heavy (non-hydrogen) atoms. The van der Waals surface area contributed by atoms with E-state index in [9.17, 15) is 4.79 Å². The Morgan fingerprint density at radius 1 is 0.500 bits per heavy atom. The average Bonchev–Trinajstić information content (AvgIpc) is 2.78. The molecule has 0 bridgehead atoms. The largest absolute Gasteiger partial charge is 0.457 e. The van der Waals surface area contributed by atoms with Crippen LogP contribution in [0.4, 0.5) is 27.5 Å². The highest BCUT2D eigenvalue weighted by atomic mass is 16.5. The van der Waals surface area contributed by atoms with Gasteiger partial charge in [0.05, 0.1) is 0 Å². The molecule has 4 rings (SSSR count). The first-order valence-corrected chi connectivity index (χ1v) is 9.58. The number of hydrogen-bond donors (Lipinski definition) is 3. The molecule has 0 aliphatic carbocycles. The summed E-state index contributed by atoms with van der Waals surface area (Å²) in [5.41, 5.74) is 3.34. The summed E-state index contributed by atoms with van der Waals surface area (Å²) in [6.07, 6.45) is 0. The summed E-state index contributed by atoms with van der Waals surface area (Å²) in [5.74, 6) is 1.47. The van der Waals surface area contributed by atoms with Crippen molar-refractivity contribution in [3.05, 3.63) is 109 Å². The van der Waals surface area contributed by atoms with Gasteiger partial charge < -0.3 is 20.7 Å². The van der Waals surface area contributed by atoms with Crippen LogP contribution < -0.4 is 20.7 Å². The molecule has 0 unspecified atom stereocenters. The van der Waals surface area contributed by atoms with Crippen LogP contribution in [0.5, 0.6) is 11.5 Å². The average molecular weight is 395 g/mol. The van der Waals surface area contributed by atoms with E-state index in [1.807, 2.05) is 97.1 Å². The first kappa shape index (κ1) is 19.1. The monoisotopic (exact) mass is 395 g/mol. The Hall–Kier alpha value is -4.25. The summed E-state index contributed by atoms with van der Waals surface area (Å²) in [4.78, 5) is 12.3. The van der Waals surface area contributed by atoms with E-state index in [0.717, 1.165) is 17.1 Å². The molecule has 0 saturated carbocycles. The van der Waals surface area contributed by atoms with Crippen molar-refractivity contribution in [3.63, 3.8) is 0 Å². The lowest BCUT2D eigenvalue weighted by atomic mass is 10.2. The zero-order valence-corrected chi connectivity index (χ0v) is 16.2. The van der Waals surface area contributed by atoms with Gasteiger partial charge in [0, 0.05) is 22.7 Å². The highest BCUT2D eigenvalue weighted by Gasteiger charge is 2.04. The minimum absolute atomic E-state index is 0.310. The smallest absolute Gasteiger partial charge is 0.323 e. The molecule has 0 aliphatic heterocycles. The lowest BCUT2D eigenvalue weighted by Crippen LogP contribution is -2.19. The standard InChI is InChI=1S/C25H21N3O2/c29-25(27-21-13-11-20(12-14-21)26-19-7-3-1-4-8-19)28-22-15-17-24(18-16-22)30-23-9-5-2-6-10-23/h1-18,26H,(H2,27,28,29). The fourth-order valence-electron chi connectivity index (χ4n) is 2.85. The summed E-state index contributed by atoms with van der Waals surface area (Å²) in [5, 5.41) is 8.95. The normalized spacial score (nSPS) is 10.1. The van der Waals surface area contributed by atoms with Crippen LogP contribution >= 0.6 is 0 Å². The Morgan fingerprint density at radius 2 is 0.933 bits per heavy atom. The Kier molecular flexibility index (Phi) is 5.91. The van der Waals surface area contributed by atoms with Gasteiger partial charge in [-0.1, -0.05) is 36.4 Å². The Balaban J connectivity index is 1.30. The second kappa shape index (κ2) is 9.30. The van der Waals surface area contributed by atoms with Crippen LogP contribution in [-0.4, -0.2) is 6.03 Å². The third-order valence-electron chi connectivity index (χ3n) is 4.30. The first-order valence-electron chi connectivity index (χ1n) is 9.58. The van der Waals surface area contributed by atoms with E-state index in [0.29, 0.717) is 17.1 Å². The summed E-state index contributed by atoms with van der Waals surface area (Å²) in [6.45, 7) is 0. The SMILES string of the molecule is O=C(Nc1ccc(Nc2ccccc2)cc1)Nc1ccc(Oc2ccccc2)cc1. The number of hydrogen-bond acceptors (Lipinski definition) is 3. The number of nitrogens with one attached hydrogen (secondary N) is 3. The molecule has 4 aromatic carbocycles. The van der Waals surface area contributed by atoms with Crippen molar-refractivity contribution >= 4 is 28.8 Å². The number of amides is 2. The van der Waals surface area contributed by atoms with Crippen LogP contribution in [0.25, 0.3) is 0 Å². The number of para-hydroxylation sites is 2. The lowest BCUT2D eigenvalue weighted by molar-refractivity contribution is 0.262. The zero-order valence-electron chi connectivity index (χ0n) is 16.2. The summed E-state index contributed by atoms with van der Waals surface area (Å²) < 4.78 is 5.75. The molecule has 0 radical (unpaired) electrons. The van der Waals surface area contributed by atoms with Gasteiger partial charge in [0.2, 0.25) is 0 Å². The summed E-state index contributed by atoms with van der Waals surface area (Å²) in [7, 11) is 0.